The summed E-state index contributed by atoms with van der Waals surface area (Å²) in [5.41, 5.74) is 0. The number of aliphatic hydroxyl groups excluding tert-OH is 1. The molecule has 0 saturated carbocycles. The molecule has 3 nitrogen and oxygen atoms in total. The minimum atomic E-state index is -0.304. The Morgan fingerprint density at radius 2 is 1.85 bits per heavy atom. The Hall–Kier alpha value is -0.120. The average molecular weight is 190 g/mol. The van der Waals surface area contributed by atoms with E-state index in [9.17, 15) is 5.11 Å². The molecule has 0 rings (SSSR count). The molecule has 3 heteroatoms. The molecule has 0 aliphatic carbocycles. The van der Waals surface area contributed by atoms with Crippen LogP contribution in [0.4, 0.5) is 0 Å². The van der Waals surface area contributed by atoms with Crippen LogP contribution in [-0.2, 0) is 9.47 Å². The number of ether oxygens (including phenoxy) is 2. The van der Waals surface area contributed by atoms with Gasteiger partial charge in [0, 0.05) is 6.61 Å². The van der Waals surface area contributed by atoms with Gasteiger partial charge >= 0.3 is 0 Å². The first kappa shape index (κ1) is 12.9. The molecule has 0 radical (unpaired) electrons. The normalized spacial score (nSPS) is 13.2. The van der Waals surface area contributed by atoms with E-state index in [0.29, 0.717) is 19.8 Å². The van der Waals surface area contributed by atoms with Gasteiger partial charge in [0.05, 0.1) is 25.9 Å². The Morgan fingerprint density at radius 3 is 2.46 bits per heavy atom. The quantitative estimate of drug-likeness (QED) is 0.561. The van der Waals surface area contributed by atoms with E-state index >= 15 is 0 Å². The number of hydrogen-bond donors (Lipinski definition) is 1. The van der Waals surface area contributed by atoms with Gasteiger partial charge in [0.1, 0.15) is 0 Å². The lowest BCUT2D eigenvalue weighted by Crippen LogP contribution is -2.17. The third-order valence-electron chi connectivity index (χ3n) is 1.78. The van der Waals surface area contributed by atoms with Gasteiger partial charge < -0.3 is 14.6 Å². The fourth-order valence-electron chi connectivity index (χ4n) is 1.00. The van der Waals surface area contributed by atoms with Gasteiger partial charge in [0.25, 0.3) is 0 Å². The predicted octanol–water partition coefficient (Wildman–Crippen LogP) is 1.59. The van der Waals surface area contributed by atoms with Gasteiger partial charge in [-0.1, -0.05) is 19.8 Å². The number of rotatable bonds is 9. The molecule has 0 saturated heterocycles. The van der Waals surface area contributed by atoms with Gasteiger partial charge in [-0.3, -0.25) is 0 Å². The fourth-order valence-corrected chi connectivity index (χ4v) is 1.00. The molecule has 0 bridgehead atoms. The highest BCUT2D eigenvalue weighted by molar-refractivity contribution is 4.52. The van der Waals surface area contributed by atoms with Crippen LogP contribution in [0.5, 0.6) is 0 Å². The van der Waals surface area contributed by atoms with Crippen molar-refractivity contribution in [2.45, 2.75) is 39.2 Å². The summed E-state index contributed by atoms with van der Waals surface area (Å²) in [4.78, 5) is 0. The number of aliphatic hydroxyl groups is 1. The zero-order valence-corrected chi connectivity index (χ0v) is 8.79. The van der Waals surface area contributed by atoms with Crippen LogP contribution in [0.25, 0.3) is 0 Å². The van der Waals surface area contributed by atoms with E-state index in [-0.39, 0.29) is 6.10 Å². The molecule has 1 atom stereocenters. The molecule has 80 valence electrons. The molecule has 13 heavy (non-hydrogen) atoms. The summed E-state index contributed by atoms with van der Waals surface area (Å²) in [5, 5.41) is 9.37. The Kier molecular flexibility index (Phi) is 9.87. The highest BCUT2D eigenvalue weighted by atomic mass is 16.5. The molecule has 0 aliphatic heterocycles. The third kappa shape index (κ3) is 9.80. The molecule has 0 fully saturated rings. The van der Waals surface area contributed by atoms with E-state index in [1.54, 1.807) is 0 Å². The Morgan fingerprint density at radius 1 is 1.15 bits per heavy atom. The Bertz CT molecular complexity index is 96.2. The minimum Gasteiger partial charge on any atom is -0.391 e. The fraction of sp³-hybridized carbons (Fsp3) is 1.00. The smallest absolute Gasteiger partial charge is 0.0773 e. The molecule has 1 N–H and O–H groups in total. The summed E-state index contributed by atoms with van der Waals surface area (Å²) in [6.07, 6.45) is 2.72. The van der Waals surface area contributed by atoms with Crippen molar-refractivity contribution in [3.05, 3.63) is 0 Å². The maximum atomic E-state index is 9.37. The second-order valence-corrected chi connectivity index (χ2v) is 3.07. The highest BCUT2D eigenvalue weighted by Crippen LogP contribution is 2.00. The van der Waals surface area contributed by atoms with Crippen molar-refractivity contribution in [2.24, 2.45) is 0 Å². The molecule has 0 aromatic carbocycles. The van der Waals surface area contributed by atoms with E-state index in [4.69, 9.17) is 9.47 Å². The molecule has 0 spiro atoms. The van der Waals surface area contributed by atoms with Crippen LogP contribution in [0.3, 0.4) is 0 Å². The minimum absolute atomic E-state index is 0.304. The van der Waals surface area contributed by atoms with Crippen LogP contribution in [-0.4, -0.2) is 37.6 Å². The van der Waals surface area contributed by atoms with Crippen LogP contribution in [0, 0.1) is 0 Å². The van der Waals surface area contributed by atoms with Crippen LogP contribution in [0.1, 0.15) is 33.1 Å². The van der Waals surface area contributed by atoms with Gasteiger partial charge in [-0.05, 0) is 13.3 Å². The van der Waals surface area contributed by atoms with Crippen molar-refractivity contribution in [1.82, 2.24) is 0 Å². The van der Waals surface area contributed by atoms with Crippen molar-refractivity contribution in [2.75, 3.05) is 26.4 Å². The molecular formula is C10H22O3. The SMILES string of the molecule is CCCCC(O)COCCOCC. The summed E-state index contributed by atoms with van der Waals surface area (Å²) in [5.74, 6) is 0. The maximum Gasteiger partial charge on any atom is 0.0773 e. The van der Waals surface area contributed by atoms with E-state index < -0.39 is 0 Å². The van der Waals surface area contributed by atoms with Crippen molar-refractivity contribution in [3.63, 3.8) is 0 Å². The summed E-state index contributed by atoms with van der Waals surface area (Å²) >= 11 is 0. The zero-order valence-electron chi connectivity index (χ0n) is 8.79. The lowest BCUT2D eigenvalue weighted by Gasteiger charge is -2.10. The lowest BCUT2D eigenvalue weighted by atomic mass is 10.2. The van der Waals surface area contributed by atoms with Crippen LogP contribution >= 0.6 is 0 Å². The van der Waals surface area contributed by atoms with Crippen molar-refractivity contribution in [1.29, 1.82) is 0 Å². The summed E-state index contributed by atoms with van der Waals surface area (Å²) in [6, 6.07) is 0. The average Bonchev–Trinajstić information content (AvgIpc) is 2.14. The molecular weight excluding hydrogens is 168 g/mol. The molecule has 0 amide bonds. The van der Waals surface area contributed by atoms with Gasteiger partial charge in [-0.25, -0.2) is 0 Å². The maximum absolute atomic E-state index is 9.37. The van der Waals surface area contributed by atoms with Crippen molar-refractivity contribution < 1.29 is 14.6 Å². The monoisotopic (exact) mass is 190 g/mol. The summed E-state index contributed by atoms with van der Waals surface area (Å²) in [6.45, 7) is 6.43. The molecule has 0 aromatic rings. The van der Waals surface area contributed by atoms with Crippen LogP contribution in [0.15, 0.2) is 0 Å². The second-order valence-electron chi connectivity index (χ2n) is 3.07. The lowest BCUT2D eigenvalue weighted by molar-refractivity contribution is 0.00291. The first-order valence-corrected chi connectivity index (χ1v) is 5.14. The van der Waals surface area contributed by atoms with Crippen molar-refractivity contribution >= 4 is 0 Å². The number of unbranched alkanes of at least 4 members (excludes halogenated alkanes) is 1. The Labute approximate surface area is 81.0 Å². The largest absolute Gasteiger partial charge is 0.391 e. The molecule has 0 heterocycles. The van der Waals surface area contributed by atoms with Crippen LogP contribution in [0.2, 0.25) is 0 Å². The van der Waals surface area contributed by atoms with Crippen LogP contribution < -0.4 is 0 Å². The Balaban J connectivity index is 3.03. The highest BCUT2D eigenvalue weighted by Gasteiger charge is 2.02. The molecule has 0 aromatic heterocycles. The van der Waals surface area contributed by atoms with E-state index in [2.05, 4.69) is 6.92 Å². The van der Waals surface area contributed by atoms with Crippen molar-refractivity contribution in [3.8, 4) is 0 Å². The first-order chi connectivity index (χ1) is 6.31. The second kappa shape index (κ2) is 9.96. The third-order valence-corrected chi connectivity index (χ3v) is 1.78. The van der Waals surface area contributed by atoms with Gasteiger partial charge in [0.15, 0.2) is 0 Å². The molecule has 1 unspecified atom stereocenters. The standard InChI is InChI=1S/C10H22O3/c1-3-5-6-10(11)9-13-8-7-12-4-2/h10-11H,3-9H2,1-2H3. The van der Waals surface area contributed by atoms with E-state index in [0.717, 1.165) is 25.9 Å². The first-order valence-electron chi connectivity index (χ1n) is 5.14. The van der Waals surface area contributed by atoms with Gasteiger partial charge in [0.2, 0.25) is 0 Å². The van der Waals surface area contributed by atoms with Gasteiger partial charge in [-0.15, -0.1) is 0 Å². The van der Waals surface area contributed by atoms with Gasteiger partial charge in [-0.2, -0.15) is 0 Å². The predicted molar refractivity (Wildman–Crippen MR) is 52.8 cm³/mol. The summed E-state index contributed by atoms with van der Waals surface area (Å²) in [7, 11) is 0. The topological polar surface area (TPSA) is 38.7 Å². The van der Waals surface area contributed by atoms with E-state index in [1.165, 1.54) is 0 Å². The molecule has 0 aliphatic rings. The zero-order chi connectivity index (χ0) is 9.94. The summed E-state index contributed by atoms with van der Waals surface area (Å²) < 4.78 is 10.3. The van der Waals surface area contributed by atoms with E-state index in [1.807, 2.05) is 6.92 Å². The number of hydrogen-bond acceptors (Lipinski definition) is 3.